The molecule has 3 atom stereocenters. The molecule has 1 fully saturated rings. The van der Waals surface area contributed by atoms with E-state index in [9.17, 15) is 0 Å². The van der Waals surface area contributed by atoms with Gasteiger partial charge in [-0.2, -0.15) is 0 Å². The first-order valence-corrected chi connectivity index (χ1v) is 8.34. The first-order valence-electron chi connectivity index (χ1n) is 8.34. The van der Waals surface area contributed by atoms with E-state index in [4.69, 9.17) is 0 Å². The van der Waals surface area contributed by atoms with Gasteiger partial charge in [0.2, 0.25) is 0 Å². The first kappa shape index (κ1) is 15.4. The minimum absolute atomic E-state index is 0.586. The van der Waals surface area contributed by atoms with Crippen LogP contribution in [0.4, 0.5) is 5.69 Å². The smallest absolute Gasteiger partial charge is 0.0377 e. The van der Waals surface area contributed by atoms with Crippen LogP contribution in [-0.2, 0) is 0 Å². The zero-order valence-electron chi connectivity index (χ0n) is 13.8. The molecule has 0 aromatic heterocycles. The van der Waals surface area contributed by atoms with Gasteiger partial charge in [0, 0.05) is 11.7 Å². The number of anilines is 1. The highest BCUT2D eigenvalue weighted by atomic mass is 14.9. The van der Waals surface area contributed by atoms with Crippen LogP contribution in [0, 0.1) is 17.8 Å². The predicted molar refractivity (Wildman–Crippen MR) is 89.3 cm³/mol. The Labute approximate surface area is 125 Å². The summed E-state index contributed by atoms with van der Waals surface area (Å²) >= 11 is 0. The Morgan fingerprint density at radius 1 is 1.05 bits per heavy atom. The average molecular weight is 273 g/mol. The summed E-state index contributed by atoms with van der Waals surface area (Å²) < 4.78 is 0. The molecule has 0 aliphatic heterocycles. The van der Waals surface area contributed by atoms with Crippen molar-refractivity contribution in [3.63, 3.8) is 0 Å². The van der Waals surface area contributed by atoms with Gasteiger partial charge in [0.1, 0.15) is 0 Å². The molecule has 2 rings (SSSR count). The highest BCUT2D eigenvalue weighted by Gasteiger charge is 2.29. The fourth-order valence-electron chi connectivity index (χ4n) is 3.89. The lowest BCUT2D eigenvalue weighted by Gasteiger charge is -2.37. The van der Waals surface area contributed by atoms with Crippen molar-refractivity contribution >= 4 is 5.69 Å². The lowest BCUT2D eigenvalue weighted by Crippen LogP contribution is -2.33. The van der Waals surface area contributed by atoms with E-state index >= 15 is 0 Å². The molecule has 0 spiro atoms. The van der Waals surface area contributed by atoms with Gasteiger partial charge >= 0.3 is 0 Å². The number of benzene rings is 1. The third-order valence-electron chi connectivity index (χ3n) is 5.03. The van der Waals surface area contributed by atoms with Gasteiger partial charge in [-0.15, -0.1) is 0 Å². The molecule has 0 heterocycles. The molecule has 0 radical (unpaired) electrons. The molecule has 112 valence electrons. The summed E-state index contributed by atoms with van der Waals surface area (Å²) in [7, 11) is 0. The lowest BCUT2D eigenvalue weighted by molar-refractivity contribution is 0.186. The Kier molecular flexibility index (Phi) is 5.12. The number of hydrogen-bond acceptors (Lipinski definition) is 1. The number of rotatable bonds is 4. The second-order valence-electron chi connectivity index (χ2n) is 7.28. The van der Waals surface area contributed by atoms with Crippen LogP contribution in [0.25, 0.3) is 0 Å². The molecule has 1 aliphatic rings. The molecule has 1 nitrogen and oxygen atoms in total. The summed E-state index contributed by atoms with van der Waals surface area (Å²) in [6, 6.07) is 9.46. The quantitative estimate of drug-likeness (QED) is 0.744. The van der Waals surface area contributed by atoms with Crippen LogP contribution >= 0.6 is 0 Å². The zero-order chi connectivity index (χ0) is 14.7. The van der Waals surface area contributed by atoms with Gasteiger partial charge in [0.15, 0.2) is 0 Å². The van der Waals surface area contributed by atoms with Crippen LogP contribution in [0.2, 0.25) is 0 Å². The van der Waals surface area contributed by atoms with E-state index in [1.807, 2.05) is 0 Å². The van der Waals surface area contributed by atoms with E-state index in [0.717, 1.165) is 17.8 Å². The fourth-order valence-corrected chi connectivity index (χ4v) is 3.89. The van der Waals surface area contributed by atoms with E-state index in [2.05, 4.69) is 64.2 Å². The molecule has 0 bridgehead atoms. The van der Waals surface area contributed by atoms with Crippen molar-refractivity contribution in [2.24, 2.45) is 17.8 Å². The summed E-state index contributed by atoms with van der Waals surface area (Å²) in [5.41, 5.74) is 2.80. The third kappa shape index (κ3) is 3.56. The summed E-state index contributed by atoms with van der Waals surface area (Å²) in [6.45, 7) is 11.7. The molecular formula is C19H31N. The lowest BCUT2D eigenvalue weighted by atomic mass is 9.72. The predicted octanol–water partition coefficient (Wildman–Crippen LogP) is 5.68. The molecule has 1 heteroatoms. The second kappa shape index (κ2) is 6.65. The molecule has 1 aromatic rings. The maximum Gasteiger partial charge on any atom is 0.0377 e. The number of hydrogen-bond donors (Lipinski definition) is 1. The molecule has 3 unspecified atom stereocenters. The van der Waals surface area contributed by atoms with Gasteiger partial charge in [0.05, 0.1) is 0 Å². The highest BCUT2D eigenvalue weighted by Crippen LogP contribution is 2.36. The van der Waals surface area contributed by atoms with Crippen LogP contribution in [0.15, 0.2) is 24.3 Å². The molecule has 0 saturated heterocycles. The van der Waals surface area contributed by atoms with Gasteiger partial charge in [-0.3, -0.25) is 0 Å². The summed E-state index contributed by atoms with van der Waals surface area (Å²) in [5.74, 6) is 3.16. The Balaban J connectivity index is 2.02. The molecule has 1 saturated carbocycles. The number of nitrogens with one attached hydrogen (secondary N) is 1. The van der Waals surface area contributed by atoms with Gasteiger partial charge in [0.25, 0.3) is 0 Å². The minimum Gasteiger partial charge on any atom is -0.382 e. The van der Waals surface area contributed by atoms with Crippen molar-refractivity contribution in [2.75, 3.05) is 5.32 Å². The Morgan fingerprint density at radius 3 is 2.35 bits per heavy atom. The van der Waals surface area contributed by atoms with Crippen molar-refractivity contribution in [1.29, 1.82) is 0 Å². The first-order chi connectivity index (χ1) is 9.49. The third-order valence-corrected chi connectivity index (χ3v) is 5.03. The van der Waals surface area contributed by atoms with Crippen LogP contribution in [0.3, 0.4) is 0 Å². The SMILES string of the molecule is CC(C)c1ccccc1NC1CCC(C(C)C)C(C)C1. The summed E-state index contributed by atoms with van der Waals surface area (Å²) in [6.07, 6.45) is 4.01. The average Bonchev–Trinajstić information content (AvgIpc) is 2.38. The van der Waals surface area contributed by atoms with Crippen molar-refractivity contribution in [1.82, 2.24) is 0 Å². The van der Waals surface area contributed by atoms with E-state index in [0.29, 0.717) is 12.0 Å². The highest BCUT2D eigenvalue weighted by molar-refractivity contribution is 5.53. The minimum atomic E-state index is 0.586. The summed E-state index contributed by atoms with van der Waals surface area (Å²) in [5, 5.41) is 3.82. The molecule has 1 aliphatic carbocycles. The Morgan fingerprint density at radius 2 is 1.75 bits per heavy atom. The van der Waals surface area contributed by atoms with Crippen LogP contribution in [0.5, 0.6) is 0 Å². The van der Waals surface area contributed by atoms with Crippen molar-refractivity contribution in [2.45, 2.75) is 65.8 Å². The largest absolute Gasteiger partial charge is 0.382 e. The molecule has 20 heavy (non-hydrogen) atoms. The second-order valence-corrected chi connectivity index (χ2v) is 7.28. The van der Waals surface area contributed by atoms with E-state index in [-0.39, 0.29) is 0 Å². The van der Waals surface area contributed by atoms with Gasteiger partial charge in [-0.05, 0) is 54.6 Å². The Bertz CT molecular complexity index is 422. The van der Waals surface area contributed by atoms with Crippen molar-refractivity contribution < 1.29 is 0 Å². The van der Waals surface area contributed by atoms with Crippen molar-refractivity contribution in [3.05, 3.63) is 29.8 Å². The zero-order valence-corrected chi connectivity index (χ0v) is 13.8. The fraction of sp³-hybridized carbons (Fsp3) is 0.684. The summed E-state index contributed by atoms with van der Waals surface area (Å²) in [4.78, 5) is 0. The van der Waals surface area contributed by atoms with Crippen LogP contribution in [0.1, 0.15) is 65.4 Å². The Hall–Kier alpha value is -0.980. The normalized spacial score (nSPS) is 27.1. The molecular weight excluding hydrogens is 242 g/mol. The molecule has 0 amide bonds. The number of para-hydroxylation sites is 1. The molecule has 1 aromatic carbocycles. The van der Waals surface area contributed by atoms with E-state index in [1.54, 1.807) is 0 Å². The van der Waals surface area contributed by atoms with E-state index < -0.39 is 0 Å². The monoisotopic (exact) mass is 273 g/mol. The van der Waals surface area contributed by atoms with Gasteiger partial charge < -0.3 is 5.32 Å². The standard InChI is InChI=1S/C19H31N/c1-13(2)17-11-10-16(12-15(17)5)20-19-9-7-6-8-18(19)14(3)4/h6-9,13-17,20H,10-12H2,1-5H3. The van der Waals surface area contributed by atoms with Gasteiger partial charge in [-0.1, -0.05) is 52.8 Å². The maximum absolute atomic E-state index is 3.82. The maximum atomic E-state index is 3.82. The van der Waals surface area contributed by atoms with Crippen LogP contribution in [-0.4, -0.2) is 6.04 Å². The molecule has 1 N–H and O–H groups in total. The van der Waals surface area contributed by atoms with Crippen LogP contribution < -0.4 is 5.32 Å². The van der Waals surface area contributed by atoms with Gasteiger partial charge in [-0.25, -0.2) is 0 Å². The van der Waals surface area contributed by atoms with Crippen molar-refractivity contribution in [3.8, 4) is 0 Å². The topological polar surface area (TPSA) is 12.0 Å². The van der Waals surface area contributed by atoms with E-state index in [1.165, 1.54) is 30.5 Å².